The zero-order valence-electron chi connectivity index (χ0n) is 12.0. The summed E-state index contributed by atoms with van der Waals surface area (Å²) in [6.07, 6.45) is 7.55. The molecule has 1 unspecified atom stereocenters. The Balaban J connectivity index is 1.91. The van der Waals surface area contributed by atoms with Crippen LogP contribution in [-0.4, -0.2) is 27.5 Å². The topological polar surface area (TPSA) is 46.1 Å². The fraction of sp³-hybridized carbons (Fsp3) is 0.353. The van der Waals surface area contributed by atoms with Gasteiger partial charge in [-0.3, -0.25) is 4.79 Å². The molecule has 0 N–H and O–H groups in total. The third-order valence-electron chi connectivity index (χ3n) is 4.03. The summed E-state index contributed by atoms with van der Waals surface area (Å²) in [5.41, 5.74) is 1.84. The van der Waals surface area contributed by atoms with Gasteiger partial charge in [0.1, 0.15) is 0 Å². The second kappa shape index (κ2) is 6.48. The molecule has 1 fully saturated rings. The molecule has 1 aliphatic rings. The molecule has 0 spiro atoms. The van der Waals surface area contributed by atoms with E-state index in [1.807, 2.05) is 23.1 Å². The Morgan fingerprint density at radius 2 is 1.90 bits per heavy atom. The third kappa shape index (κ3) is 3.10. The summed E-state index contributed by atoms with van der Waals surface area (Å²) >= 11 is 0. The highest BCUT2D eigenvalue weighted by atomic mass is 16.2. The molecular formula is C17H19N3O. The summed E-state index contributed by atoms with van der Waals surface area (Å²) < 4.78 is 0. The molecule has 0 saturated carbocycles. The summed E-state index contributed by atoms with van der Waals surface area (Å²) in [7, 11) is 0. The largest absolute Gasteiger partial charge is 0.332 e. The molecular weight excluding hydrogens is 262 g/mol. The quantitative estimate of drug-likeness (QED) is 0.849. The normalized spacial score (nSPS) is 19.0. The van der Waals surface area contributed by atoms with Crippen molar-refractivity contribution in [3.63, 3.8) is 0 Å². The Morgan fingerprint density at radius 3 is 2.67 bits per heavy atom. The molecule has 21 heavy (non-hydrogen) atoms. The number of amides is 1. The number of hydrogen-bond donors (Lipinski definition) is 0. The predicted octanol–water partition coefficient (Wildman–Crippen LogP) is 3.23. The molecule has 4 nitrogen and oxygen atoms in total. The third-order valence-corrected chi connectivity index (χ3v) is 4.03. The summed E-state index contributed by atoms with van der Waals surface area (Å²) in [6.45, 7) is 0.806. The van der Waals surface area contributed by atoms with Crippen LogP contribution >= 0.6 is 0 Å². The van der Waals surface area contributed by atoms with Crippen LogP contribution in [0.25, 0.3) is 0 Å². The molecule has 0 bridgehead atoms. The second-order valence-electron chi connectivity index (χ2n) is 5.41. The van der Waals surface area contributed by atoms with Crippen molar-refractivity contribution in [3.8, 4) is 0 Å². The Labute approximate surface area is 124 Å². The van der Waals surface area contributed by atoms with Gasteiger partial charge in [0.25, 0.3) is 5.91 Å². The maximum atomic E-state index is 12.8. The number of aromatic nitrogens is 2. The Bertz CT molecular complexity index is 585. The fourth-order valence-electron chi connectivity index (χ4n) is 2.96. The van der Waals surface area contributed by atoms with Gasteiger partial charge in [-0.25, -0.2) is 0 Å². The first-order valence-electron chi connectivity index (χ1n) is 7.49. The Kier molecular flexibility index (Phi) is 4.24. The van der Waals surface area contributed by atoms with E-state index >= 15 is 0 Å². The van der Waals surface area contributed by atoms with E-state index in [1.54, 1.807) is 18.5 Å². The zero-order chi connectivity index (χ0) is 14.5. The average Bonchev–Trinajstić information content (AvgIpc) is 2.81. The molecule has 4 heteroatoms. The molecule has 0 aliphatic carbocycles. The van der Waals surface area contributed by atoms with E-state index in [1.165, 1.54) is 12.0 Å². The number of nitrogens with zero attached hydrogens (tertiary/aromatic N) is 3. The Hall–Kier alpha value is -2.23. The van der Waals surface area contributed by atoms with E-state index in [0.717, 1.165) is 25.8 Å². The highest BCUT2D eigenvalue weighted by Gasteiger charge is 2.27. The van der Waals surface area contributed by atoms with Gasteiger partial charge in [-0.05, 0) is 24.5 Å². The lowest BCUT2D eigenvalue weighted by molar-refractivity contribution is 0.0680. The number of carbonyl (C=O) groups excluding carboxylic acids is 1. The number of carbonyl (C=O) groups is 1. The second-order valence-corrected chi connectivity index (χ2v) is 5.41. The minimum Gasteiger partial charge on any atom is -0.332 e. The SMILES string of the molecule is O=C(c1ccnnc1)N1CCCCCC1c1ccccc1. The Morgan fingerprint density at radius 1 is 1.05 bits per heavy atom. The lowest BCUT2D eigenvalue weighted by Gasteiger charge is -2.30. The van der Waals surface area contributed by atoms with E-state index in [4.69, 9.17) is 0 Å². The van der Waals surface area contributed by atoms with Crippen molar-refractivity contribution in [3.05, 3.63) is 59.9 Å². The first-order chi connectivity index (χ1) is 10.4. The molecule has 108 valence electrons. The van der Waals surface area contributed by atoms with Crippen LogP contribution in [0.5, 0.6) is 0 Å². The first-order valence-corrected chi connectivity index (χ1v) is 7.49. The van der Waals surface area contributed by atoms with Crippen molar-refractivity contribution in [1.29, 1.82) is 0 Å². The van der Waals surface area contributed by atoms with E-state index in [9.17, 15) is 4.79 Å². The smallest absolute Gasteiger partial charge is 0.256 e. The highest BCUT2D eigenvalue weighted by Crippen LogP contribution is 2.31. The average molecular weight is 281 g/mol. The number of benzene rings is 1. The minimum absolute atomic E-state index is 0.0562. The van der Waals surface area contributed by atoms with Gasteiger partial charge in [0.15, 0.2) is 0 Å². The molecule has 1 aromatic heterocycles. The summed E-state index contributed by atoms with van der Waals surface area (Å²) in [5, 5.41) is 7.57. The van der Waals surface area contributed by atoms with Gasteiger partial charge in [-0.1, -0.05) is 43.2 Å². The van der Waals surface area contributed by atoms with Gasteiger partial charge in [-0.15, -0.1) is 0 Å². The van der Waals surface area contributed by atoms with Gasteiger partial charge in [0, 0.05) is 6.54 Å². The zero-order valence-corrected chi connectivity index (χ0v) is 12.0. The molecule has 3 rings (SSSR count). The van der Waals surface area contributed by atoms with Crippen molar-refractivity contribution in [2.45, 2.75) is 31.7 Å². The monoisotopic (exact) mass is 281 g/mol. The minimum atomic E-state index is 0.0562. The predicted molar refractivity (Wildman–Crippen MR) is 80.7 cm³/mol. The van der Waals surface area contributed by atoms with Crippen LogP contribution in [-0.2, 0) is 0 Å². The first kappa shape index (κ1) is 13.7. The maximum absolute atomic E-state index is 12.8. The van der Waals surface area contributed by atoms with E-state index < -0.39 is 0 Å². The van der Waals surface area contributed by atoms with Crippen molar-refractivity contribution in [1.82, 2.24) is 15.1 Å². The van der Waals surface area contributed by atoms with E-state index in [2.05, 4.69) is 22.3 Å². The molecule has 1 amide bonds. The van der Waals surface area contributed by atoms with Crippen LogP contribution in [0.2, 0.25) is 0 Å². The molecule has 2 heterocycles. The van der Waals surface area contributed by atoms with Crippen LogP contribution in [0.3, 0.4) is 0 Å². The van der Waals surface area contributed by atoms with Crippen LogP contribution in [0.4, 0.5) is 0 Å². The number of hydrogen-bond acceptors (Lipinski definition) is 3. The molecule has 2 aromatic rings. The van der Waals surface area contributed by atoms with Crippen molar-refractivity contribution < 1.29 is 4.79 Å². The van der Waals surface area contributed by atoms with Crippen LogP contribution in [0, 0.1) is 0 Å². The van der Waals surface area contributed by atoms with E-state index in [0.29, 0.717) is 5.56 Å². The van der Waals surface area contributed by atoms with Crippen molar-refractivity contribution >= 4 is 5.91 Å². The summed E-state index contributed by atoms with van der Waals surface area (Å²) in [4.78, 5) is 14.8. The van der Waals surface area contributed by atoms with Gasteiger partial charge in [0.2, 0.25) is 0 Å². The van der Waals surface area contributed by atoms with Gasteiger partial charge in [-0.2, -0.15) is 10.2 Å². The molecule has 1 aromatic carbocycles. The number of rotatable bonds is 2. The molecule has 1 aliphatic heterocycles. The van der Waals surface area contributed by atoms with Gasteiger partial charge >= 0.3 is 0 Å². The molecule has 0 radical (unpaired) electrons. The fourth-order valence-corrected chi connectivity index (χ4v) is 2.96. The van der Waals surface area contributed by atoms with Crippen LogP contribution in [0.1, 0.15) is 47.6 Å². The van der Waals surface area contributed by atoms with Gasteiger partial charge in [0.05, 0.1) is 24.0 Å². The maximum Gasteiger partial charge on any atom is 0.256 e. The molecule has 1 saturated heterocycles. The van der Waals surface area contributed by atoms with Crippen LogP contribution < -0.4 is 0 Å². The van der Waals surface area contributed by atoms with Crippen LogP contribution in [0.15, 0.2) is 48.8 Å². The molecule has 1 atom stereocenters. The standard InChI is InChI=1S/C17H19N3O/c21-17(15-10-11-18-19-13-15)20-12-6-2-5-9-16(20)14-7-3-1-4-8-14/h1,3-4,7-8,10-11,13,16H,2,5-6,9,12H2. The van der Waals surface area contributed by atoms with Gasteiger partial charge < -0.3 is 4.90 Å². The lowest BCUT2D eigenvalue weighted by atomic mass is 10.0. The summed E-state index contributed by atoms with van der Waals surface area (Å²) in [5.74, 6) is 0.0562. The summed E-state index contributed by atoms with van der Waals surface area (Å²) in [6, 6.07) is 12.2. The lowest BCUT2D eigenvalue weighted by Crippen LogP contribution is -2.34. The number of likely N-dealkylation sites (tertiary alicyclic amines) is 1. The van der Waals surface area contributed by atoms with E-state index in [-0.39, 0.29) is 11.9 Å². The highest BCUT2D eigenvalue weighted by molar-refractivity contribution is 5.94. The van der Waals surface area contributed by atoms with Crippen molar-refractivity contribution in [2.24, 2.45) is 0 Å². The van der Waals surface area contributed by atoms with Crippen molar-refractivity contribution in [2.75, 3.05) is 6.54 Å².